The van der Waals surface area contributed by atoms with Crippen LogP contribution in [-0.2, 0) is 14.3 Å². The van der Waals surface area contributed by atoms with Crippen LogP contribution in [0.1, 0.15) is 51.9 Å². The fourth-order valence-electron chi connectivity index (χ4n) is 5.01. The molecule has 0 bridgehead atoms. The number of aliphatic hydroxyl groups excluding tert-OH is 2. The molecule has 0 radical (unpaired) electrons. The van der Waals surface area contributed by atoms with Crippen LogP contribution < -0.4 is 0 Å². The summed E-state index contributed by atoms with van der Waals surface area (Å²) in [7, 11) is 0. The summed E-state index contributed by atoms with van der Waals surface area (Å²) in [5.74, 6) is 0.996. The molecule has 1 heterocycles. The predicted molar refractivity (Wildman–Crippen MR) is 116 cm³/mol. The molecule has 2 fully saturated rings. The molecule has 0 aromatic carbocycles. The van der Waals surface area contributed by atoms with Gasteiger partial charge in [-0.25, -0.2) is 0 Å². The van der Waals surface area contributed by atoms with Crippen LogP contribution in [0.25, 0.3) is 0 Å². The third-order valence-electron chi connectivity index (χ3n) is 6.77. The first-order chi connectivity index (χ1) is 14.6. The number of rotatable bonds is 11. The van der Waals surface area contributed by atoms with Gasteiger partial charge in [-0.3, -0.25) is 4.79 Å². The number of fused-ring (bicyclic) bond motifs is 1. The van der Waals surface area contributed by atoms with Crippen molar-refractivity contribution in [3.63, 3.8) is 0 Å². The largest absolute Gasteiger partial charge is 0.392 e. The number of unbranched alkanes of at least 4 members (excludes halogenated alkanes) is 2. The van der Waals surface area contributed by atoms with E-state index in [1.54, 1.807) is 4.90 Å². The second-order valence-corrected chi connectivity index (χ2v) is 8.98. The van der Waals surface area contributed by atoms with Gasteiger partial charge >= 0.3 is 0 Å². The van der Waals surface area contributed by atoms with Gasteiger partial charge in [0.25, 0.3) is 0 Å². The van der Waals surface area contributed by atoms with Gasteiger partial charge in [-0.05, 0) is 37.5 Å². The molecule has 2 aliphatic carbocycles. The maximum Gasteiger partial charge on any atom is 0.248 e. The Hall–Kier alpha value is -1.21. The third kappa shape index (κ3) is 6.64. The Bertz CT molecular complexity index is 598. The van der Waals surface area contributed by atoms with Gasteiger partial charge < -0.3 is 24.6 Å². The average Bonchev–Trinajstić information content (AvgIpc) is 3.26. The van der Waals surface area contributed by atoms with Crippen LogP contribution in [0.4, 0.5) is 0 Å². The number of carbonyl (C=O) groups is 1. The Morgan fingerprint density at radius 2 is 2.17 bits per heavy atom. The summed E-state index contributed by atoms with van der Waals surface area (Å²) in [6, 6.07) is 0. The number of hydrogen-bond acceptors (Lipinski definition) is 5. The number of allylic oxidation sites excluding steroid dienone is 1. The molecule has 0 aromatic heterocycles. The molecular weight excluding hydrogens is 382 g/mol. The monoisotopic (exact) mass is 421 g/mol. The molecule has 0 unspecified atom stereocenters. The Morgan fingerprint density at radius 1 is 1.37 bits per heavy atom. The Kier molecular flexibility index (Phi) is 9.37. The molecule has 0 spiro atoms. The number of ether oxygens (including phenoxy) is 2. The Morgan fingerprint density at radius 3 is 2.93 bits per heavy atom. The summed E-state index contributed by atoms with van der Waals surface area (Å²) in [6.45, 7) is 5.38. The van der Waals surface area contributed by atoms with Crippen molar-refractivity contribution in [3.05, 3.63) is 23.8 Å². The van der Waals surface area contributed by atoms with E-state index in [2.05, 4.69) is 19.1 Å². The number of carbonyl (C=O) groups excluding carboxylic acids is 1. The van der Waals surface area contributed by atoms with Crippen molar-refractivity contribution >= 4 is 5.91 Å². The van der Waals surface area contributed by atoms with Crippen molar-refractivity contribution in [1.82, 2.24) is 4.90 Å². The average molecular weight is 422 g/mol. The molecule has 3 aliphatic rings. The van der Waals surface area contributed by atoms with E-state index in [9.17, 15) is 15.0 Å². The summed E-state index contributed by atoms with van der Waals surface area (Å²) in [5, 5.41) is 20.6. The fraction of sp³-hybridized carbons (Fsp3) is 0.792. The van der Waals surface area contributed by atoms with E-state index in [0.717, 1.165) is 44.9 Å². The topological polar surface area (TPSA) is 79.2 Å². The third-order valence-corrected chi connectivity index (χ3v) is 6.77. The van der Waals surface area contributed by atoms with Gasteiger partial charge in [0.2, 0.25) is 5.91 Å². The molecule has 6 nitrogen and oxygen atoms in total. The Labute approximate surface area is 180 Å². The molecule has 3 rings (SSSR count). The lowest BCUT2D eigenvalue weighted by Crippen LogP contribution is -2.42. The zero-order chi connectivity index (χ0) is 21.3. The van der Waals surface area contributed by atoms with Gasteiger partial charge in [0, 0.05) is 19.0 Å². The highest BCUT2D eigenvalue weighted by atomic mass is 16.5. The van der Waals surface area contributed by atoms with E-state index in [-0.39, 0.29) is 24.5 Å². The van der Waals surface area contributed by atoms with Crippen molar-refractivity contribution in [2.75, 3.05) is 39.5 Å². The van der Waals surface area contributed by atoms with Gasteiger partial charge in [0.15, 0.2) is 0 Å². The molecule has 1 saturated carbocycles. The standard InChI is InChI=1S/C24H39NO5/c1-2-3-4-5-20(26)6-7-21-22-15-18(14-19(22)16-23(21)27)8-11-30-17-24(28)25-9-12-29-13-10-25/h6-7,14,19-23,26-27H,2-5,8-13,15-17H2,1H3/b7-6+/t19-,20-,21+,22-,23+/m0/s1. The molecule has 170 valence electrons. The smallest absolute Gasteiger partial charge is 0.248 e. The summed E-state index contributed by atoms with van der Waals surface area (Å²) >= 11 is 0. The second-order valence-electron chi connectivity index (χ2n) is 8.98. The fourth-order valence-corrected chi connectivity index (χ4v) is 5.01. The van der Waals surface area contributed by atoms with Crippen LogP contribution in [0.15, 0.2) is 23.8 Å². The molecule has 1 aliphatic heterocycles. The second kappa shape index (κ2) is 12.0. The van der Waals surface area contributed by atoms with E-state index in [1.807, 2.05) is 6.08 Å². The zero-order valence-corrected chi connectivity index (χ0v) is 18.4. The van der Waals surface area contributed by atoms with Crippen molar-refractivity contribution < 1.29 is 24.5 Å². The minimum Gasteiger partial charge on any atom is -0.392 e. The first-order valence-electron chi connectivity index (χ1n) is 11.8. The number of aliphatic hydroxyl groups is 2. The maximum atomic E-state index is 12.1. The van der Waals surface area contributed by atoms with Gasteiger partial charge in [-0.2, -0.15) is 0 Å². The molecule has 2 N–H and O–H groups in total. The van der Waals surface area contributed by atoms with E-state index in [4.69, 9.17) is 9.47 Å². The number of nitrogens with zero attached hydrogens (tertiary/aromatic N) is 1. The minimum absolute atomic E-state index is 0.0430. The highest BCUT2D eigenvalue weighted by Crippen LogP contribution is 2.47. The lowest BCUT2D eigenvalue weighted by atomic mass is 9.88. The molecular formula is C24H39NO5. The van der Waals surface area contributed by atoms with Gasteiger partial charge in [0.1, 0.15) is 6.61 Å². The molecule has 6 heteroatoms. The van der Waals surface area contributed by atoms with E-state index in [1.165, 1.54) is 5.57 Å². The number of morpholine rings is 1. The summed E-state index contributed by atoms with van der Waals surface area (Å²) in [6.07, 6.45) is 12.3. The van der Waals surface area contributed by atoms with Crippen LogP contribution in [0.2, 0.25) is 0 Å². The quantitative estimate of drug-likeness (QED) is 0.396. The lowest BCUT2D eigenvalue weighted by Gasteiger charge is -2.26. The normalized spacial score (nSPS) is 30.0. The van der Waals surface area contributed by atoms with Crippen molar-refractivity contribution in [2.45, 2.75) is 64.1 Å². The van der Waals surface area contributed by atoms with Crippen molar-refractivity contribution in [1.29, 1.82) is 0 Å². The van der Waals surface area contributed by atoms with Gasteiger partial charge in [-0.1, -0.05) is 50.0 Å². The molecule has 1 saturated heterocycles. The van der Waals surface area contributed by atoms with Gasteiger partial charge in [0.05, 0.1) is 32.0 Å². The van der Waals surface area contributed by atoms with Crippen LogP contribution in [0.5, 0.6) is 0 Å². The molecule has 0 aromatic rings. The molecule has 30 heavy (non-hydrogen) atoms. The summed E-state index contributed by atoms with van der Waals surface area (Å²) in [4.78, 5) is 13.9. The highest BCUT2D eigenvalue weighted by molar-refractivity contribution is 5.77. The minimum atomic E-state index is -0.408. The van der Waals surface area contributed by atoms with E-state index in [0.29, 0.717) is 44.7 Å². The first kappa shape index (κ1) is 23.5. The van der Waals surface area contributed by atoms with Crippen LogP contribution in [0, 0.1) is 17.8 Å². The summed E-state index contributed by atoms with van der Waals surface area (Å²) in [5.41, 5.74) is 1.37. The Balaban J connectivity index is 1.37. The lowest BCUT2D eigenvalue weighted by molar-refractivity contribution is -0.140. The zero-order valence-electron chi connectivity index (χ0n) is 18.4. The maximum absolute atomic E-state index is 12.1. The predicted octanol–water partition coefficient (Wildman–Crippen LogP) is 2.69. The van der Waals surface area contributed by atoms with Gasteiger partial charge in [-0.15, -0.1) is 0 Å². The SMILES string of the molecule is CCCCC[C@H](O)/C=C/[C@@H]1[C@H]2CC(CCOCC(=O)N3CCOCC3)=C[C@H]2C[C@H]1O. The number of hydrogen-bond donors (Lipinski definition) is 2. The van der Waals surface area contributed by atoms with Crippen LogP contribution in [0.3, 0.4) is 0 Å². The van der Waals surface area contributed by atoms with E-state index < -0.39 is 6.10 Å². The first-order valence-corrected chi connectivity index (χ1v) is 11.8. The van der Waals surface area contributed by atoms with Crippen molar-refractivity contribution in [2.24, 2.45) is 17.8 Å². The van der Waals surface area contributed by atoms with Crippen LogP contribution in [-0.4, -0.2) is 72.7 Å². The molecule has 1 amide bonds. The van der Waals surface area contributed by atoms with Crippen molar-refractivity contribution in [3.8, 4) is 0 Å². The highest BCUT2D eigenvalue weighted by Gasteiger charge is 2.43. The van der Waals surface area contributed by atoms with Crippen LogP contribution >= 0.6 is 0 Å². The number of amides is 1. The van der Waals surface area contributed by atoms with E-state index >= 15 is 0 Å². The molecule has 5 atom stereocenters. The summed E-state index contributed by atoms with van der Waals surface area (Å²) < 4.78 is 10.9.